The Morgan fingerprint density at radius 3 is 0.798 bits per heavy atom. The molecule has 0 radical (unpaired) electrons. The average molecular weight is 1510 g/mol. The summed E-state index contributed by atoms with van der Waals surface area (Å²) in [5.41, 5.74) is 0. The van der Waals surface area contributed by atoms with Gasteiger partial charge in [-0.3, -0.25) is 37.3 Å². The van der Waals surface area contributed by atoms with Crippen molar-refractivity contribution in [2.24, 2.45) is 0 Å². The van der Waals surface area contributed by atoms with Crippen molar-refractivity contribution in [3.63, 3.8) is 0 Å². The highest BCUT2D eigenvalue weighted by Crippen LogP contribution is 2.45. The molecule has 0 aliphatic carbocycles. The van der Waals surface area contributed by atoms with Gasteiger partial charge in [0.1, 0.15) is 19.3 Å². The monoisotopic (exact) mass is 1510 g/mol. The molecule has 0 rings (SSSR count). The van der Waals surface area contributed by atoms with Gasteiger partial charge >= 0.3 is 39.5 Å². The third kappa shape index (κ3) is 76.7. The van der Waals surface area contributed by atoms with Crippen LogP contribution in [-0.4, -0.2) is 96.7 Å². The van der Waals surface area contributed by atoms with E-state index in [9.17, 15) is 43.2 Å². The van der Waals surface area contributed by atoms with Gasteiger partial charge in [0.25, 0.3) is 0 Å². The second-order valence-electron chi connectivity index (χ2n) is 28.4. The van der Waals surface area contributed by atoms with Crippen LogP contribution >= 0.6 is 15.6 Å². The summed E-state index contributed by atoms with van der Waals surface area (Å²) in [5.74, 6) is -2.18. The lowest BCUT2D eigenvalue weighted by Gasteiger charge is -2.21. The topological polar surface area (TPSA) is 237 Å². The van der Waals surface area contributed by atoms with E-state index in [1.807, 2.05) is 0 Å². The van der Waals surface area contributed by atoms with Gasteiger partial charge in [-0.15, -0.1) is 0 Å². The molecule has 17 nitrogen and oxygen atoms in total. The lowest BCUT2D eigenvalue weighted by atomic mass is 10.0. The van der Waals surface area contributed by atoms with Gasteiger partial charge in [0.15, 0.2) is 12.2 Å². The van der Waals surface area contributed by atoms with Crippen LogP contribution in [0.1, 0.15) is 387 Å². The Morgan fingerprint density at radius 2 is 0.500 bits per heavy atom. The predicted octanol–water partition coefficient (Wildman–Crippen LogP) is 24.8. The van der Waals surface area contributed by atoms with E-state index in [-0.39, 0.29) is 25.7 Å². The Morgan fingerprint density at radius 1 is 0.279 bits per heavy atom. The fourth-order valence-electron chi connectivity index (χ4n) is 11.8. The molecule has 5 atom stereocenters. The molecule has 0 aliphatic heterocycles. The first-order chi connectivity index (χ1) is 50.7. The first-order valence-corrected chi connectivity index (χ1v) is 45.2. The molecular weight excluding hydrogens is 1350 g/mol. The Labute approximate surface area is 634 Å². The van der Waals surface area contributed by atoms with Crippen molar-refractivity contribution < 1.29 is 80.2 Å². The van der Waals surface area contributed by atoms with Crippen LogP contribution in [0.3, 0.4) is 0 Å². The van der Waals surface area contributed by atoms with Crippen LogP contribution < -0.4 is 0 Å². The zero-order valence-electron chi connectivity index (χ0n) is 66.5. The predicted molar refractivity (Wildman–Crippen MR) is 427 cm³/mol. The highest BCUT2D eigenvalue weighted by molar-refractivity contribution is 7.47. The first-order valence-electron chi connectivity index (χ1n) is 42.2. The minimum absolute atomic E-state index is 0.0930. The number of phosphoric acid groups is 2. The number of ether oxygens (including phenoxy) is 4. The highest BCUT2D eigenvalue weighted by atomic mass is 31.2. The van der Waals surface area contributed by atoms with Gasteiger partial charge in [-0.05, 0) is 96.3 Å². The summed E-state index contributed by atoms with van der Waals surface area (Å²) in [6.07, 6.45) is 80.0. The maximum Gasteiger partial charge on any atom is 0.472 e. The minimum atomic E-state index is -4.98. The maximum atomic E-state index is 13.1. The van der Waals surface area contributed by atoms with Gasteiger partial charge in [0.05, 0.1) is 26.4 Å². The molecule has 0 fully saturated rings. The largest absolute Gasteiger partial charge is 0.472 e. The molecule has 0 amide bonds. The van der Waals surface area contributed by atoms with Crippen molar-refractivity contribution in [3.05, 3.63) is 72.9 Å². The van der Waals surface area contributed by atoms with E-state index >= 15 is 0 Å². The summed E-state index contributed by atoms with van der Waals surface area (Å²) in [6, 6.07) is 0. The number of hydrogen-bond acceptors (Lipinski definition) is 15. The van der Waals surface area contributed by atoms with Crippen molar-refractivity contribution in [2.45, 2.75) is 406 Å². The van der Waals surface area contributed by atoms with E-state index in [1.54, 1.807) is 0 Å². The van der Waals surface area contributed by atoms with Crippen molar-refractivity contribution in [1.29, 1.82) is 0 Å². The summed E-state index contributed by atoms with van der Waals surface area (Å²) < 4.78 is 68.8. The van der Waals surface area contributed by atoms with E-state index in [2.05, 4.69) is 101 Å². The van der Waals surface area contributed by atoms with Crippen LogP contribution in [0.4, 0.5) is 0 Å². The van der Waals surface area contributed by atoms with E-state index in [0.717, 1.165) is 141 Å². The Hall–Kier alpha value is -3.50. The Kier molecular flexibility index (Phi) is 75.0. The molecule has 0 aromatic heterocycles. The zero-order chi connectivity index (χ0) is 76.0. The third-order valence-corrected chi connectivity index (χ3v) is 20.1. The number of carbonyl (C=O) groups is 4. The fourth-order valence-corrected chi connectivity index (χ4v) is 13.4. The second-order valence-corrected chi connectivity index (χ2v) is 31.3. The number of rotatable bonds is 80. The molecule has 0 bridgehead atoms. The number of esters is 4. The molecule has 3 N–H and O–H groups in total. The van der Waals surface area contributed by atoms with Gasteiger partial charge in [-0.1, -0.05) is 338 Å². The summed E-state index contributed by atoms with van der Waals surface area (Å²) in [7, 11) is -9.95. The van der Waals surface area contributed by atoms with Gasteiger partial charge in [-0.2, -0.15) is 0 Å². The molecule has 19 heteroatoms. The third-order valence-electron chi connectivity index (χ3n) is 18.2. The van der Waals surface area contributed by atoms with Gasteiger partial charge in [0.2, 0.25) is 0 Å². The van der Waals surface area contributed by atoms with Gasteiger partial charge in [-0.25, -0.2) is 9.13 Å². The number of unbranched alkanes of at least 4 members (excludes halogenated alkanes) is 42. The van der Waals surface area contributed by atoms with Crippen LogP contribution in [-0.2, 0) is 65.4 Å². The molecular formula is C85H154O17P2. The highest BCUT2D eigenvalue weighted by Gasteiger charge is 2.30. The first kappa shape index (κ1) is 100. The van der Waals surface area contributed by atoms with E-state index in [0.29, 0.717) is 25.7 Å². The zero-order valence-corrected chi connectivity index (χ0v) is 68.2. The summed E-state index contributed by atoms with van der Waals surface area (Å²) in [4.78, 5) is 73.1. The molecule has 0 aromatic rings. The average Bonchev–Trinajstić information content (AvgIpc) is 0.918. The number of hydrogen-bond donors (Lipinski definition) is 3. The van der Waals surface area contributed by atoms with Crippen LogP contribution in [0.5, 0.6) is 0 Å². The molecule has 0 aliphatic rings. The van der Waals surface area contributed by atoms with Crippen molar-refractivity contribution in [1.82, 2.24) is 0 Å². The van der Waals surface area contributed by atoms with Crippen molar-refractivity contribution in [2.75, 3.05) is 39.6 Å². The van der Waals surface area contributed by atoms with Gasteiger partial charge < -0.3 is 33.8 Å². The van der Waals surface area contributed by atoms with Crippen LogP contribution in [0, 0.1) is 0 Å². The van der Waals surface area contributed by atoms with Crippen LogP contribution in [0.15, 0.2) is 72.9 Å². The molecule has 606 valence electrons. The molecule has 0 aromatic carbocycles. The number of allylic oxidation sites excluding steroid dienone is 12. The normalized spacial score (nSPS) is 14.2. The van der Waals surface area contributed by atoms with E-state index in [4.69, 9.17) is 37.0 Å². The summed E-state index contributed by atoms with van der Waals surface area (Å²) >= 11 is 0. The van der Waals surface area contributed by atoms with Crippen LogP contribution in [0.25, 0.3) is 0 Å². The maximum absolute atomic E-state index is 13.1. The fraction of sp³-hybridized carbons (Fsp3) is 0.812. The molecule has 0 spiro atoms. The SMILES string of the molecule is CC/C=C\C/C=C\C/C=C\C/C=C\C/C=C\CCCCCC(=O)OC[C@H](COP(=O)(O)OC[C@@H](O)COP(=O)(O)OC[C@@H](COC(=O)CCCCCCCCC/C=C\CCCCCC)OC(=O)CCCCCCCCCCCCCCCCC)OC(=O)CCCCCCCCCCCCCCCCC. The van der Waals surface area contributed by atoms with Crippen LogP contribution in [0.2, 0.25) is 0 Å². The molecule has 2 unspecified atom stereocenters. The molecule has 0 saturated carbocycles. The second kappa shape index (κ2) is 77.7. The van der Waals surface area contributed by atoms with Gasteiger partial charge in [0, 0.05) is 25.7 Å². The molecule has 0 saturated heterocycles. The molecule has 104 heavy (non-hydrogen) atoms. The summed E-state index contributed by atoms with van der Waals surface area (Å²) in [6.45, 7) is 4.81. The number of aliphatic hydroxyl groups excluding tert-OH is 1. The van der Waals surface area contributed by atoms with Crippen molar-refractivity contribution >= 4 is 39.5 Å². The quantitative estimate of drug-likeness (QED) is 0.0169. The van der Waals surface area contributed by atoms with E-state index in [1.165, 1.54) is 167 Å². The Balaban J connectivity index is 5.35. The molecule has 0 heterocycles. The smallest absolute Gasteiger partial charge is 0.462 e. The Bertz CT molecular complexity index is 2250. The van der Waals surface area contributed by atoms with E-state index < -0.39 is 97.5 Å². The summed E-state index contributed by atoms with van der Waals surface area (Å²) in [5, 5.41) is 10.7. The van der Waals surface area contributed by atoms with Crippen molar-refractivity contribution in [3.8, 4) is 0 Å². The minimum Gasteiger partial charge on any atom is -0.462 e. The lowest BCUT2D eigenvalue weighted by molar-refractivity contribution is -0.161. The number of carbonyl (C=O) groups excluding carboxylic acids is 4. The number of phosphoric ester groups is 2. The standard InChI is InChI=1S/C85H154O17P2/c1-5-9-13-17-21-25-29-33-37-38-39-40-44-46-50-54-58-62-66-70-83(88)96-76-81(102-85(90)72-68-64-60-56-52-48-43-36-32-28-24-20-16-12-8-4)78-100-104(93,94)98-74-79(86)73-97-103(91,92)99-77-80(101-84(89)71-67-63-59-55-51-47-42-35-31-27-23-19-15-11-7-3)75-95-82(87)69-65-61-57-53-49-45-41-34-30-26-22-18-14-10-6-2/h9,13,21,25-26,30,33,37,39-40,46,50,79-81,86H,5-8,10-12,14-20,22-24,27-29,31-32,34-36,38,41-45,47-49,51-78H2,1-4H3,(H,91,92)(H,93,94)/b13-9-,25-21-,30-26-,37-33-,40-39-,50-46-/t79-,80+,81+/m0/s1. The number of aliphatic hydroxyl groups is 1. The lowest BCUT2D eigenvalue weighted by Crippen LogP contribution is -2.30.